The zero-order valence-electron chi connectivity index (χ0n) is 11.2. The van der Waals surface area contributed by atoms with E-state index in [9.17, 15) is 4.79 Å². The third-order valence-corrected chi connectivity index (χ3v) is 3.78. The van der Waals surface area contributed by atoms with Crippen LogP contribution in [-0.2, 0) is 0 Å². The minimum Gasteiger partial charge on any atom is -0.352 e. The number of nitrogens with zero attached hydrogens (tertiary/aromatic N) is 2. The molecule has 0 bridgehead atoms. The zero-order chi connectivity index (χ0) is 13.0. The quantitative estimate of drug-likeness (QED) is 0.843. The van der Waals surface area contributed by atoms with Crippen LogP contribution >= 0.6 is 0 Å². The fraction of sp³-hybridized carbons (Fsp3) is 0.692. The van der Waals surface area contributed by atoms with Crippen molar-refractivity contribution in [2.24, 2.45) is 5.92 Å². The molecule has 1 aromatic rings. The summed E-state index contributed by atoms with van der Waals surface area (Å²) in [4.78, 5) is 14.4. The third-order valence-electron chi connectivity index (χ3n) is 3.78. The molecule has 2 N–H and O–H groups in total. The average Bonchev–Trinajstić information content (AvgIpc) is 2.83. The lowest BCUT2D eigenvalue weighted by molar-refractivity contribution is 0.0936. The van der Waals surface area contributed by atoms with E-state index in [1.807, 2.05) is 6.92 Å². The van der Waals surface area contributed by atoms with Crippen molar-refractivity contribution in [1.82, 2.24) is 20.4 Å². The van der Waals surface area contributed by atoms with E-state index in [2.05, 4.69) is 27.3 Å². The molecular weight excluding hydrogens is 228 g/mol. The number of amides is 1. The number of hydrogen-bond donors (Lipinski definition) is 2. The van der Waals surface area contributed by atoms with Gasteiger partial charge in [0.25, 0.3) is 5.91 Å². The van der Waals surface area contributed by atoms with E-state index in [-0.39, 0.29) is 5.91 Å². The first-order valence-electron chi connectivity index (χ1n) is 6.71. The molecule has 5 heteroatoms. The predicted octanol–water partition coefficient (Wildman–Crippen LogP) is 1.18. The van der Waals surface area contributed by atoms with E-state index in [0.717, 1.165) is 31.9 Å². The minimum absolute atomic E-state index is 0.0147. The molecule has 0 atom stereocenters. The maximum Gasteiger partial charge on any atom is 0.254 e. The molecule has 18 heavy (non-hydrogen) atoms. The van der Waals surface area contributed by atoms with Crippen molar-refractivity contribution in [2.45, 2.75) is 26.7 Å². The van der Waals surface area contributed by atoms with Crippen molar-refractivity contribution in [3.63, 3.8) is 0 Å². The van der Waals surface area contributed by atoms with Crippen molar-refractivity contribution in [2.75, 3.05) is 26.2 Å². The van der Waals surface area contributed by atoms with Crippen molar-refractivity contribution < 1.29 is 4.79 Å². The summed E-state index contributed by atoms with van der Waals surface area (Å²) >= 11 is 0. The summed E-state index contributed by atoms with van der Waals surface area (Å²) in [7, 11) is 0. The van der Waals surface area contributed by atoms with Gasteiger partial charge in [-0.05, 0) is 45.3 Å². The molecule has 0 aliphatic carbocycles. The molecule has 2 rings (SSSR count). The predicted molar refractivity (Wildman–Crippen MR) is 70.5 cm³/mol. The second-order valence-corrected chi connectivity index (χ2v) is 5.00. The smallest absolute Gasteiger partial charge is 0.254 e. The first kappa shape index (κ1) is 13.1. The number of aryl methyl sites for hydroxylation is 1. The monoisotopic (exact) mass is 250 g/mol. The normalized spacial score (nSPS) is 17.9. The van der Waals surface area contributed by atoms with Crippen LogP contribution in [0, 0.1) is 12.8 Å². The first-order chi connectivity index (χ1) is 8.70. The molecule has 2 heterocycles. The highest BCUT2D eigenvalue weighted by atomic mass is 16.1. The Morgan fingerprint density at radius 3 is 2.83 bits per heavy atom. The Hall–Kier alpha value is -1.36. The highest BCUT2D eigenvalue weighted by molar-refractivity contribution is 5.94. The molecular formula is C13H22N4O. The summed E-state index contributed by atoms with van der Waals surface area (Å²) in [6, 6.07) is 0. The van der Waals surface area contributed by atoms with Crippen molar-refractivity contribution in [3.05, 3.63) is 17.5 Å². The van der Waals surface area contributed by atoms with Gasteiger partial charge in [0.15, 0.2) is 0 Å². The number of hydrogen-bond acceptors (Lipinski definition) is 3. The largest absolute Gasteiger partial charge is 0.352 e. The number of H-pyrrole nitrogens is 1. The molecule has 0 spiro atoms. The van der Waals surface area contributed by atoms with E-state index in [1.165, 1.54) is 12.8 Å². The fourth-order valence-electron chi connectivity index (χ4n) is 2.42. The lowest BCUT2D eigenvalue weighted by Gasteiger charge is -2.31. The number of aromatic amines is 1. The van der Waals surface area contributed by atoms with Crippen molar-refractivity contribution in [1.29, 1.82) is 0 Å². The van der Waals surface area contributed by atoms with Crippen molar-refractivity contribution in [3.8, 4) is 0 Å². The average molecular weight is 250 g/mol. The van der Waals surface area contributed by atoms with Gasteiger partial charge in [-0.2, -0.15) is 5.10 Å². The van der Waals surface area contributed by atoms with Crippen LogP contribution in [0.25, 0.3) is 0 Å². The van der Waals surface area contributed by atoms with E-state index in [4.69, 9.17) is 0 Å². The molecule has 0 radical (unpaired) electrons. The SMILES string of the molecule is CCN1CCC(CNC(=O)c2cn[nH]c2C)CC1. The van der Waals surface area contributed by atoms with Crippen molar-refractivity contribution >= 4 is 5.91 Å². The van der Waals surface area contributed by atoms with E-state index >= 15 is 0 Å². The van der Waals surface area contributed by atoms with Crippen LogP contribution in [0.15, 0.2) is 6.20 Å². The molecule has 1 aliphatic heterocycles. The number of likely N-dealkylation sites (tertiary alicyclic amines) is 1. The molecule has 1 fully saturated rings. The molecule has 0 unspecified atom stereocenters. The van der Waals surface area contributed by atoms with Gasteiger partial charge in [-0.25, -0.2) is 0 Å². The lowest BCUT2D eigenvalue weighted by atomic mass is 9.97. The standard InChI is InChI=1S/C13H22N4O/c1-3-17-6-4-11(5-7-17)8-14-13(18)12-9-15-16-10(12)2/h9,11H,3-8H2,1-2H3,(H,14,18)(H,15,16). The molecule has 0 aromatic carbocycles. The molecule has 5 nitrogen and oxygen atoms in total. The summed E-state index contributed by atoms with van der Waals surface area (Å²) in [5.74, 6) is 0.600. The van der Waals surface area contributed by atoms with E-state index in [0.29, 0.717) is 11.5 Å². The van der Waals surface area contributed by atoms with Gasteiger partial charge in [-0.1, -0.05) is 6.92 Å². The van der Waals surface area contributed by atoms with Crippen LogP contribution < -0.4 is 5.32 Å². The van der Waals surface area contributed by atoms with Crippen LogP contribution in [0.3, 0.4) is 0 Å². The van der Waals surface area contributed by atoms with Gasteiger partial charge >= 0.3 is 0 Å². The zero-order valence-corrected chi connectivity index (χ0v) is 11.2. The highest BCUT2D eigenvalue weighted by Gasteiger charge is 2.19. The number of carbonyl (C=O) groups excluding carboxylic acids is 1. The Kier molecular flexibility index (Phi) is 4.36. The Morgan fingerprint density at radius 1 is 1.56 bits per heavy atom. The number of piperidine rings is 1. The molecule has 1 amide bonds. The Labute approximate surface area is 108 Å². The summed E-state index contributed by atoms with van der Waals surface area (Å²) < 4.78 is 0. The van der Waals surface area contributed by atoms with Crippen LogP contribution in [-0.4, -0.2) is 47.2 Å². The lowest BCUT2D eigenvalue weighted by Crippen LogP contribution is -2.38. The van der Waals surface area contributed by atoms with Gasteiger partial charge < -0.3 is 10.2 Å². The van der Waals surface area contributed by atoms with Gasteiger partial charge in [0.1, 0.15) is 0 Å². The van der Waals surface area contributed by atoms with E-state index in [1.54, 1.807) is 6.20 Å². The van der Waals surface area contributed by atoms with Gasteiger partial charge in [0.05, 0.1) is 11.8 Å². The van der Waals surface area contributed by atoms with Crippen LogP contribution in [0.5, 0.6) is 0 Å². The Balaban J connectivity index is 1.76. The summed E-state index contributed by atoms with van der Waals surface area (Å²) in [5.41, 5.74) is 1.48. The molecule has 100 valence electrons. The second-order valence-electron chi connectivity index (χ2n) is 5.00. The van der Waals surface area contributed by atoms with Gasteiger partial charge in [-0.15, -0.1) is 0 Å². The van der Waals surface area contributed by atoms with Gasteiger partial charge in [0.2, 0.25) is 0 Å². The summed E-state index contributed by atoms with van der Waals surface area (Å²) in [6.07, 6.45) is 3.95. The van der Waals surface area contributed by atoms with E-state index < -0.39 is 0 Å². The third kappa shape index (κ3) is 3.10. The summed E-state index contributed by atoms with van der Waals surface area (Å²) in [6.45, 7) is 8.28. The van der Waals surface area contributed by atoms with Gasteiger partial charge in [-0.3, -0.25) is 9.89 Å². The minimum atomic E-state index is -0.0147. The molecule has 1 aliphatic rings. The molecule has 0 saturated carbocycles. The van der Waals surface area contributed by atoms with Gasteiger partial charge in [0, 0.05) is 12.2 Å². The number of rotatable bonds is 4. The second kappa shape index (κ2) is 6.00. The molecule has 1 saturated heterocycles. The maximum absolute atomic E-state index is 11.9. The number of aromatic nitrogens is 2. The highest BCUT2D eigenvalue weighted by Crippen LogP contribution is 2.16. The fourth-order valence-corrected chi connectivity index (χ4v) is 2.42. The topological polar surface area (TPSA) is 61.0 Å². The van der Waals surface area contributed by atoms with Crippen LogP contribution in [0.1, 0.15) is 35.8 Å². The Bertz CT molecular complexity index is 393. The van der Waals surface area contributed by atoms with Crippen LogP contribution in [0.2, 0.25) is 0 Å². The number of nitrogens with one attached hydrogen (secondary N) is 2. The van der Waals surface area contributed by atoms with Crippen LogP contribution in [0.4, 0.5) is 0 Å². The Morgan fingerprint density at radius 2 is 2.28 bits per heavy atom. The summed E-state index contributed by atoms with van der Waals surface area (Å²) in [5, 5.41) is 9.66. The molecule has 1 aromatic heterocycles. The number of carbonyl (C=O) groups is 1. The maximum atomic E-state index is 11.9. The first-order valence-corrected chi connectivity index (χ1v) is 6.71.